The molecule has 118 valence electrons. The van der Waals surface area contributed by atoms with Crippen LogP contribution in [0, 0.1) is 13.8 Å². The molecule has 6 nitrogen and oxygen atoms in total. The summed E-state index contributed by atoms with van der Waals surface area (Å²) in [5.74, 6) is 0.762. The number of rotatable bonds is 5. The molecule has 0 amide bonds. The number of ether oxygens (including phenoxy) is 1. The van der Waals surface area contributed by atoms with Gasteiger partial charge in [-0.2, -0.15) is 0 Å². The molecule has 0 bridgehead atoms. The minimum absolute atomic E-state index is 0.429. The van der Waals surface area contributed by atoms with Crippen molar-refractivity contribution >= 4 is 17.4 Å². The molecule has 2 heterocycles. The van der Waals surface area contributed by atoms with Gasteiger partial charge in [0.15, 0.2) is 11.0 Å². The maximum atomic E-state index is 10.2. The molecule has 1 aliphatic rings. The van der Waals surface area contributed by atoms with Gasteiger partial charge in [0.2, 0.25) is 0 Å². The van der Waals surface area contributed by atoms with E-state index in [0.29, 0.717) is 18.2 Å². The molecule has 1 unspecified atom stereocenters. The van der Waals surface area contributed by atoms with E-state index in [4.69, 9.17) is 16.3 Å². The third kappa shape index (κ3) is 4.26. The van der Waals surface area contributed by atoms with Crippen molar-refractivity contribution in [2.45, 2.75) is 20.0 Å². The van der Waals surface area contributed by atoms with Gasteiger partial charge >= 0.3 is 0 Å². The van der Waals surface area contributed by atoms with Crippen molar-refractivity contribution in [1.29, 1.82) is 0 Å². The van der Waals surface area contributed by atoms with Crippen LogP contribution in [0.4, 0.5) is 5.82 Å². The second kappa shape index (κ2) is 7.35. The highest BCUT2D eigenvalue weighted by atomic mass is 35.5. The van der Waals surface area contributed by atoms with Crippen molar-refractivity contribution in [3.8, 4) is 0 Å². The standard InChI is InChI=1S/C14H23ClN4O2/c1-10-11(2)14(17-16-13(10)15)18(3)8-12(20)9-19-4-6-21-7-5-19/h12,20H,4-9H2,1-3H3. The largest absolute Gasteiger partial charge is 0.390 e. The Balaban J connectivity index is 1.94. The van der Waals surface area contributed by atoms with Crippen LogP contribution < -0.4 is 4.90 Å². The number of aliphatic hydroxyl groups is 1. The molecule has 21 heavy (non-hydrogen) atoms. The van der Waals surface area contributed by atoms with Gasteiger partial charge < -0.3 is 14.7 Å². The summed E-state index contributed by atoms with van der Waals surface area (Å²) in [6, 6.07) is 0. The molecule has 1 aromatic heterocycles. The van der Waals surface area contributed by atoms with Gasteiger partial charge in [-0.3, -0.25) is 4.90 Å². The minimum Gasteiger partial charge on any atom is -0.390 e. The van der Waals surface area contributed by atoms with E-state index in [2.05, 4.69) is 15.1 Å². The van der Waals surface area contributed by atoms with Gasteiger partial charge in [-0.15, -0.1) is 10.2 Å². The quantitative estimate of drug-likeness (QED) is 0.870. The number of aliphatic hydroxyl groups excluding tert-OH is 1. The summed E-state index contributed by atoms with van der Waals surface area (Å²) in [5.41, 5.74) is 1.92. The maximum Gasteiger partial charge on any atom is 0.155 e. The first-order valence-electron chi connectivity index (χ1n) is 7.17. The molecule has 1 atom stereocenters. The number of morpholine rings is 1. The number of likely N-dealkylation sites (N-methyl/N-ethyl adjacent to an activating group) is 1. The fraction of sp³-hybridized carbons (Fsp3) is 0.714. The van der Waals surface area contributed by atoms with E-state index in [-0.39, 0.29) is 0 Å². The lowest BCUT2D eigenvalue weighted by molar-refractivity contribution is 0.0162. The van der Waals surface area contributed by atoms with Gasteiger partial charge in [-0.05, 0) is 25.0 Å². The third-order valence-electron chi connectivity index (χ3n) is 3.86. The zero-order chi connectivity index (χ0) is 15.4. The third-order valence-corrected chi connectivity index (χ3v) is 4.22. The molecule has 0 saturated carbocycles. The van der Waals surface area contributed by atoms with Gasteiger partial charge in [-0.25, -0.2) is 0 Å². The lowest BCUT2D eigenvalue weighted by Crippen LogP contribution is -2.44. The lowest BCUT2D eigenvalue weighted by Gasteiger charge is -2.30. The summed E-state index contributed by atoms with van der Waals surface area (Å²) < 4.78 is 5.31. The fourth-order valence-electron chi connectivity index (χ4n) is 2.47. The Labute approximate surface area is 130 Å². The van der Waals surface area contributed by atoms with Crippen LogP contribution in [-0.4, -0.2) is 72.7 Å². The zero-order valence-electron chi connectivity index (χ0n) is 12.8. The first-order chi connectivity index (χ1) is 9.99. The Morgan fingerprint density at radius 3 is 2.62 bits per heavy atom. The number of aromatic nitrogens is 2. The van der Waals surface area contributed by atoms with Crippen LogP contribution in [0.2, 0.25) is 5.15 Å². The number of hydrogen-bond acceptors (Lipinski definition) is 6. The molecule has 1 fully saturated rings. The van der Waals surface area contributed by atoms with Crippen molar-refractivity contribution in [3.63, 3.8) is 0 Å². The predicted octanol–water partition coefficient (Wildman–Crippen LogP) is 0.876. The van der Waals surface area contributed by atoms with Gasteiger partial charge in [0, 0.05) is 33.2 Å². The Morgan fingerprint density at radius 1 is 1.29 bits per heavy atom. The lowest BCUT2D eigenvalue weighted by atomic mass is 10.2. The van der Waals surface area contributed by atoms with Crippen molar-refractivity contribution in [1.82, 2.24) is 15.1 Å². The van der Waals surface area contributed by atoms with Gasteiger partial charge in [-0.1, -0.05) is 11.6 Å². The highest BCUT2D eigenvalue weighted by molar-refractivity contribution is 6.30. The zero-order valence-corrected chi connectivity index (χ0v) is 13.6. The predicted molar refractivity (Wildman–Crippen MR) is 83.1 cm³/mol. The van der Waals surface area contributed by atoms with Crippen molar-refractivity contribution < 1.29 is 9.84 Å². The van der Waals surface area contributed by atoms with Crippen molar-refractivity contribution in [3.05, 3.63) is 16.3 Å². The molecule has 0 radical (unpaired) electrons. The van der Waals surface area contributed by atoms with Gasteiger partial charge in [0.05, 0.1) is 19.3 Å². The Bertz CT molecular complexity index is 480. The van der Waals surface area contributed by atoms with Crippen LogP contribution in [-0.2, 0) is 4.74 Å². The molecule has 1 aliphatic heterocycles. The average Bonchev–Trinajstić information content (AvgIpc) is 2.45. The number of halogens is 1. The molecule has 1 saturated heterocycles. The molecule has 1 aromatic rings. The molecular formula is C14H23ClN4O2. The smallest absolute Gasteiger partial charge is 0.155 e. The summed E-state index contributed by atoms with van der Waals surface area (Å²) in [4.78, 5) is 4.14. The Morgan fingerprint density at radius 2 is 1.95 bits per heavy atom. The van der Waals surface area contributed by atoms with Gasteiger partial charge in [0.1, 0.15) is 0 Å². The molecule has 2 rings (SSSR count). The van der Waals surface area contributed by atoms with Gasteiger partial charge in [0.25, 0.3) is 0 Å². The number of hydrogen-bond donors (Lipinski definition) is 1. The van der Waals surface area contributed by atoms with Crippen LogP contribution in [0.1, 0.15) is 11.1 Å². The van der Waals surface area contributed by atoms with E-state index in [0.717, 1.165) is 43.2 Å². The molecule has 0 aromatic carbocycles. The molecule has 0 aliphatic carbocycles. The van der Waals surface area contributed by atoms with E-state index < -0.39 is 6.10 Å². The van der Waals surface area contributed by atoms with Crippen LogP contribution in [0.15, 0.2) is 0 Å². The molecule has 7 heteroatoms. The first kappa shape index (κ1) is 16.4. The second-order valence-electron chi connectivity index (χ2n) is 5.51. The molecular weight excluding hydrogens is 292 g/mol. The SMILES string of the molecule is Cc1c(Cl)nnc(N(C)CC(O)CN2CCOCC2)c1C. The highest BCUT2D eigenvalue weighted by Gasteiger charge is 2.18. The Hall–Kier alpha value is -0.950. The summed E-state index contributed by atoms with van der Waals surface area (Å²) in [7, 11) is 1.91. The number of nitrogens with zero attached hydrogens (tertiary/aromatic N) is 4. The van der Waals surface area contributed by atoms with Crippen molar-refractivity contribution in [2.75, 3.05) is 51.3 Å². The average molecular weight is 315 g/mol. The molecule has 1 N–H and O–H groups in total. The van der Waals surface area contributed by atoms with E-state index in [9.17, 15) is 5.11 Å². The second-order valence-corrected chi connectivity index (χ2v) is 5.87. The van der Waals surface area contributed by atoms with E-state index >= 15 is 0 Å². The number of β-amino-alcohol motifs (C(OH)–C–C–N with tert-alkyl or cyclic N) is 1. The van der Waals surface area contributed by atoms with E-state index in [1.807, 2.05) is 25.8 Å². The highest BCUT2D eigenvalue weighted by Crippen LogP contribution is 2.23. The minimum atomic E-state index is -0.440. The Kier molecular flexibility index (Phi) is 5.75. The first-order valence-corrected chi connectivity index (χ1v) is 7.55. The molecule has 0 spiro atoms. The normalized spacial score (nSPS) is 17.8. The topological polar surface area (TPSA) is 61.7 Å². The fourth-order valence-corrected chi connectivity index (χ4v) is 2.65. The maximum absolute atomic E-state index is 10.2. The van der Waals surface area contributed by atoms with Crippen molar-refractivity contribution in [2.24, 2.45) is 0 Å². The monoisotopic (exact) mass is 314 g/mol. The van der Waals surface area contributed by atoms with Crippen LogP contribution in [0.3, 0.4) is 0 Å². The number of anilines is 1. The van der Waals surface area contributed by atoms with Crippen LogP contribution in [0.25, 0.3) is 0 Å². The summed E-state index contributed by atoms with van der Waals surface area (Å²) >= 11 is 5.97. The van der Waals surface area contributed by atoms with Crippen LogP contribution in [0.5, 0.6) is 0 Å². The summed E-state index contributed by atoms with van der Waals surface area (Å²) in [6.07, 6.45) is -0.440. The van der Waals surface area contributed by atoms with E-state index in [1.165, 1.54) is 0 Å². The summed E-state index contributed by atoms with van der Waals surface area (Å²) in [6.45, 7) is 8.27. The van der Waals surface area contributed by atoms with Crippen LogP contribution >= 0.6 is 11.6 Å². The van der Waals surface area contributed by atoms with E-state index in [1.54, 1.807) is 0 Å². The summed E-state index contributed by atoms with van der Waals surface area (Å²) in [5, 5.41) is 18.8.